The van der Waals surface area contributed by atoms with Gasteiger partial charge in [0.05, 0.1) is 0 Å². The third-order valence-corrected chi connectivity index (χ3v) is 3.13. The van der Waals surface area contributed by atoms with Crippen LogP contribution < -0.4 is 5.32 Å². The first-order valence-electron chi connectivity index (χ1n) is 4.58. The second-order valence-corrected chi connectivity index (χ2v) is 5.97. The van der Waals surface area contributed by atoms with Crippen molar-refractivity contribution in [2.75, 3.05) is 0 Å². The fourth-order valence-corrected chi connectivity index (χ4v) is 2.47. The average molecular weight is 262 g/mol. The van der Waals surface area contributed by atoms with E-state index in [0.717, 1.165) is 6.54 Å². The SMILES string of the molecule is CC(Br)CC(C)NCc1cccs1. The van der Waals surface area contributed by atoms with Gasteiger partial charge in [-0.2, -0.15) is 0 Å². The van der Waals surface area contributed by atoms with E-state index in [1.54, 1.807) is 0 Å². The number of rotatable bonds is 5. The zero-order valence-electron chi connectivity index (χ0n) is 8.09. The summed E-state index contributed by atoms with van der Waals surface area (Å²) < 4.78 is 0. The van der Waals surface area contributed by atoms with Crippen LogP contribution in [0.5, 0.6) is 0 Å². The number of thiophene rings is 1. The molecule has 3 heteroatoms. The molecule has 0 spiro atoms. The van der Waals surface area contributed by atoms with Gasteiger partial charge in [0.1, 0.15) is 0 Å². The summed E-state index contributed by atoms with van der Waals surface area (Å²) in [7, 11) is 0. The number of hydrogen-bond acceptors (Lipinski definition) is 2. The molecule has 74 valence electrons. The molecule has 2 atom stereocenters. The van der Waals surface area contributed by atoms with Gasteiger partial charge in [0.15, 0.2) is 0 Å². The zero-order chi connectivity index (χ0) is 9.68. The minimum absolute atomic E-state index is 0.580. The molecule has 0 saturated carbocycles. The lowest BCUT2D eigenvalue weighted by molar-refractivity contribution is 0.518. The lowest BCUT2D eigenvalue weighted by Gasteiger charge is -2.14. The normalized spacial score (nSPS) is 15.6. The van der Waals surface area contributed by atoms with Crippen LogP contribution in [-0.2, 0) is 6.54 Å². The summed E-state index contributed by atoms with van der Waals surface area (Å²) >= 11 is 5.37. The van der Waals surface area contributed by atoms with Gasteiger partial charge in [-0.3, -0.25) is 0 Å². The number of nitrogens with one attached hydrogen (secondary N) is 1. The predicted molar refractivity (Wildman–Crippen MR) is 63.6 cm³/mol. The van der Waals surface area contributed by atoms with Gasteiger partial charge in [-0.05, 0) is 24.8 Å². The van der Waals surface area contributed by atoms with Crippen molar-refractivity contribution in [3.05, 3.63) is 22.4 Å². The van der Waals surface area contributed by atoms with Gasteiger partial charge in [0, 0.05) is 22.3 Å². The largest absolute Gasteiger partial charge is 0.309 e. The molecular weight excluding hydrogens is 246 g/mol. The van der Waals surface area contributed by atoms with Crippen molar-refractivity contribution >= 4 is 27.3 Å². The highest BCUT2D eigenvalue weighted by atomic mass is 79.9. The van der Waals surface area contributed by atoms with Gasteiger partial charge in [0.2, 0.25) is 0 Å². The molecule has 0 saturated heterocycles. The first kappa shape index (κ1) is 11.2. The molecule has 1 aromatic rings. The Morgan fingerprint density at radius 1 is 1.54 bits per heavy atom. The van der Waals surface area contributed by atoms with Gasteiger partial charge in [0.25, 0.3) is 0 Å². The lowest BCUT2D eigenvalue weighted by Crippen LogP contribution is -2.27. The van der Waals surface area contributed by atoms with Crippen LogP contribution in [0.15, 0.2) is 17.5 Å². The highest BCUT2D eigenvalue weighted by Gasteiger charge is 2.04. The number of alkyl halides is 1. The summed E-state index contributed by atoms with van der Waals surface area (Å²) in [5, 5.41) is 5.62. The van der Waals surface area contributed by atoms with E-state index in [2.05, 4.69) is 52.6 Å². The molecule has 1 N–H and O–H groups in total. The summed E-state index contributed by atoms with van der Waals surface area (Å²) in [6, 6.07) is 4.85. The maximum atomic E-state index is 3.56. The van der Waals surface area contributed by atoms with Crippen molar-refractivity contribution in [3.8, 4) is 0 Å². The van der Waals surface area contributed by atoms with E-state index < -0.39 is 0 Å². The van der Waals surface area contributed by atoms with Crippen LogP contribution in [-0.4, -0.2) is 10.9 Å². The smallest absolute Gasteiger partial charge is 0.0302 e. The summed E-state index contributed by atoms with van der Waals surface area (Å²) in [6.45, 7) is 5.41. The molecule has 0 radical (unpaired) electrons. The van der Waals surface area contributed by atoms with Gasteiger partial charge in [-0.15, -0.1) is 11.3 Å². The Morgan fingerprint density at radius 2 is 2.31 bits per heavy atom. The Kier molecular flexibility index (Phi) is 4.99. The molecule has 0 aliphatic carbocycles. The van der Waals surface area contributed by atoms with Crippen molar-refractivity contribution in [3.63, 3.8) is 0 Å². The average Bonchev–Trinajstić information content (AvgIpc) is 2.51. The van der Waals surface area contributed by atoms with Gasteiger partial charge in [-0.25, -0.2) is 0 Å². The van der Waals surface area contributed by atoms with Crippen molar-refractivity contribution in [2.45, 2.75) is 37.7 Å². The zero-order valence-corrected chi connectivity index (χ0v) is 10.5. The second kappa shape index (κ2) is 5.78. The fourth-order valence-electron chi connectivity index (χ4n) is 1.26. The number of halogens is 1. The Labute approximate surface area is 92.7 Å². The number of hydrogen-bond donors (Lipinski definition) is 1. The maximum Gasteiger partial charge on any atom is 0.0302 e. The summed E-state index contributed by atoms with van der Waals surface area (Å²) in [4.78, 5) is 2.01. The van der Waals surface area contributed by atoms with Crippen LogP contribution in [0.4, 0.5) is 0 Å². The van der Waals surface area contributed by atoms with E-state index in [1.165, 1.54) is 11.3 Å². The van der Waals surface area contributed by atoms with Gasteiger partial charge >= 0.3 is 0 Å². The summed E-state index contributed by atoms with van der Waals surface area (Å²) in [5.74, 6) is 0. The van der Waals surface area contributed by atoms with E-state index in [1.807, 2.05) is 11.3 Å². The van der Waals surface area contributed by atoms with Crippen LogP contribution in [0.3, 0.4) is 0 Å². The van der Waals surface area contributed by atoms with Gasteiger partial charge < -0.3 is 5.32 Å². The molecule has 1 heterocycles. The van der Waals surface area contributed by atoms with Crippen LogP contribution in [0.2, 0.25) is 0 Å². The van der Waals surface area contributed by atoms with E-state index in [9.17, 15) is 0 Å². The fraction of sp³-hybridized carbons (Fsp3) is 0.600. The first-order valence-corrected chi connectivity index (χ1v) is 6.38. The minimum Gasteiger partial charge on any atom is -0.309 e. The molecule has 0 fully saturated rings. The molecule has 0 aliphatic heterocycles. The Balaban J connectivity index is 2.19. The van der Waals surface area contributed by atoms with Crippen molar-refractivity contribution < 1.29 is 0 Å². The summed E-state index contributed by atoms with van der Waals surface area (Å²) in [6.07, 6.45) is 1.17. The molecule has 1 rings (SSSR count). The topological polar surface area (TPSA) is 12.0 Å². The van der Waals surface area contributed by atoms with Crippen LogP contribution >= 0.6 is 27.3 Å². The first-order chi connectivity index (χ1) is 6.18. The molecule has 13 heavy (non-hydrogen) atoms. The lowest BCUT2D eigenvalue weighted by atomic mass is 10.2. The standard InChI is InChI=1S/C10H16BrNS/c1-8(11)6-9(2)12-7-10-4-3-5-13-10/h3-5,8-9,12H,6-7H2,1-2H3. The minimum atomic E-state index is 0.580. The van der Waals surface area contributed by atoms with Gasteiger partial charge in [-0.1, -0.05) is 28.9 Å². The molecule has 0 aliphatic rings. The van der Waals surface area contributed by atoms with Crippen molar-refractivity contribution in [2.24, 2.45) is 0 Å². The highest BCUT2D eigenvalue weighted by molar-refractivity contribution is 9.09. The van der Waals surface area contributed by atoms with Crippen LogP contribution in [0.25, 0.3) is 0 Å². The van der Waals surface area contributed by atoms with E-state index >= 15 is 0 Å². The third-order valence-electron chi connectivity index (χ3n) is 1.88. The predicted octanol–water partition coefficient (Wildman–Crippen LogP) is 3.40. The molecule has 1 nitrogen and oxygen atoms in total. The van der Waals surface area contributed by atoms with Crippen LogP contribution in [0.1, 0.15) is 25.1 Å². The quantitative estimate of drug-likeness (QED) is 0.802. The van der Waals surface area contributed by atoms with E-state index in [4.69, 9.17) is 0 Å². The van der Waals surface area contributed by atoms with E-state index in [-0.39, 0.29) is 0 Å². The highest BCUT2D eigenvalue weighted by Crippen LogP contribution is 2.10. The summed E-state index contributed by atoms with van der Waals surface area (Å²) in [5.41, 5.74) is 0. The Morgan fingerprint density at radius 3 is 2.85 bits per heavy atom. The van der Waals surface area contributed by atoms with Crippen LogP contribution in [0, 0.1) is 0 Å². The molecular formula is C10H16BrNS. The molecule has 1 aromatic heterocycles. The molecule has 2 unspecified atom stereocenters. The maximum absolute atomic E-state index is 3.56. The van der Waals surface area contributed by atoms with Crippen molar-refractivity contribution in [1.82, 2.24) is 5.32 Å². The monoisotopic (exact) mass is 261 g/mol. The molecule has 0 aromatic carbocycles. The third kappa shape index (κ3) is 4.79. The Bertz CT molecular complexity index is 221. The second-order valence-electron chi connectivity index (χ2n) is 3.38. The Hall–Kier alpha value is 0.140. The van der Waals surface area contributed by atoms with E-state index in [0.29, 0.717) is 10.9 Å². The van der Waals surface area contributed by atoms with Crippen molar-refractivity contribution in [1.29, 1.82) is 0 Å². The molecule has 0 bridgehead atoms. The molecule has 0 amide bonds.